The molecule has 1 saturated heterocycles. The van der Waals surface area contributed by atoms with Gasteiger partial charge in [0.05, 0.1) is 19.6 Å². The molecule has 0 spiro atoms. The zero-order chi connectivity index (χ0) is 21.3. The van der Waals surface area contributed by atoms with E-state index in [0.717, 1.165) is 37.4 Å². The zero-order valence-electron chi connectivity index (χ0n) is 18.1. The molecule has 0 atom stereocenters. The number of carbonyl (C=O) groups excluding carboxylic acids is 2. The highest BCUT2D eigenvalue weighted by Gasteiger charge is 2.25. The quantitative estimate of drug-likeness (QED) is 0.488. The number of ether oxygens (including phenoxy) is 3. The lowest BCUT2D eigenvalue weighted by Gasteiger charge is -2.35. The SMILES string of the molecule is CCOC(=O)Cc1cccc(OCCCN2CCN(C(=O)OC(C)(C)C)CC2)c1. The van der Waals surface area contributed by atoms with Gasteiger partial charge in [-0.15, -0.1) is 0 Å². The predicted octanol–water partition coefficient (Wildman–Crippen LogP) is 3.11. The van der Waals surface area contributed by atoms with E-state index >= 15 is 0 Å². The highest BCUT2D eigenvalue weighted by molar-refractivity contribution is 5.72. The summed E-state index contributed by atoms with van der Waals surface area (Å²) in [6.45, 7) is 12.4. The molecule has 29 heavy (non-hydrogen) atoms. The summed E-state index contributed by atoms with van der Waals surface area (Å²) < 4.78 is 16.2. The summed E-state index contributed by atoms with van der Waals surface area (Å²) >= 11 is 0. The third-order valence-electron chi connectivity index (χ3n) is 4.46. The van der Waals surface area contributed by atoms with E-state index < -0.39 is 5.60 Å². The molecule has 7 heteroatoms. The number of nitrogens with zero attached hydrogens (tertiary/aromatic N) is 2. The van der Waals surface area contributed by atoms with Gasteiger partial charge in [0, 0.05) is 32.7 Å². The van der Waals surface area contributed by atoms with Crippen LogP contribution in [-0.2, 0) is 20.7 Å². The summed E-state index contributed by atoms with van der Waals surface area (Å²) in [6.07, 6.45) is 0.921. The summed E-state index contributed by atoms with van der Waals surface area (Å²) in [6, 6.07) is 7.57. The molecule has 0 aromatic heterocycles. The van der Waals surface area contributed by atoms with Crippen LogP contribution in [-0.4, -0.2) is 73.4 Å². The van der Waals surface area contributed by atoms with Crippen LogP contribution >= 0.6 is 0 Å². The van der Waals surface area contributed by atoms with Crippen LogP contribution in [0.2, 0.25) is 0 Å². The minimum absolute atomic E-state index is 0.227. The van der Waals surface area contributed by atoms with Crippen LogP contribution in [0.25, 0.3) is 0 Å². The van der Waals surface area contributed by atoms with Crippen molar-refractivity contribution in [1.29, 1.82) is 0 Å². The van der Waals surface area contributed by atoms with Crippen molar-refractivity contribution in [2.75, 3.05) is 45.9 Å². The number of amides is 1. The van der Waals surface area contributed by atoms with Crippen LogP contribution in [0.15, 0.2) is 24.3 Å². The van der Waals surface area contributed by atoms with Crippen molar-refractivity contribution in [3.8, 4) is 5.75 Å². The first-order valence-electron chi connectivity index (χ1n) is 10.3. The molecule has 1 aliphatic rings. The van der Waals surface area contributed by atoms with Gasteiger partial charge >= 0.3 is 12.1 Å². The lowest BCUT2D eigenvalue weighted by Crippen LogP contribution is -2.50. The Bertz CT molecular complexity index is 663. The van der Waals surface area contributed by atoms with E-state index in [-0.39, 0.29) is 18.5 Å². The average Bonchev–Trinajstić information content (AvgIpc) is 2.65. The molecule has 0 unspecified atom stereocenters. The fourth-order valence-corrected chi connectivity index (χ4v) is 3.08. The molecule has 2 rings (SSSR count). The molecule has 0 aliphatic carbocycles. The van der Waals surface area contributed by atoms with Gasteiger partial charge in [-0.2, -0.15) is 0 Å². The van der Waals surface area contributed by atoms with Crippen molar-refractivity contribution in [3.63, 3.8) is 0 Å². The van der Waals surface area contributed by atoms with E-state index in [1.807, 2.05) is 45.0 Å². The van der Waals surface area contributed by atoms with Crippen LogP contribution in [0.5, 0.6) is 5.75 Å². The van der Waals surface area contributed by atoms with Crippen LogP contribution < -0.4 is 4.74 Å². The fourth-order valence-electron chi connectivity index (χ4n) is 3.08. The normalized spacial score (nSPS) is 15.1. The van der Waals surface area contributed by atoms with Crippen LogP contribution in [0.4, 0.5) is 4.79 Å². The molecule has 162 valence electrons. The standard InChI is InChI=1S/C22H34N2O5/c1-5-27-20(25)17-18-8-6-9-19(16-18)28-15-7-10-23-11-13-24(14-12-23)21(26)29-22(2,3)4/h6,8-9,16H,5,7,10-15,17H2,1-4H3. The first-order valence-corrected chi connectivity index (χ1v) is 10.3. The maximum atomic E-state index is 12.1. The van der Waals surface area contributed by atoms with E-state index in [0.29, 0.717) is 26.3 Å². The van der Waals surface area contributed by atoms with Crippen LogP contribution in [0.1, 0.15) is 39.7 Å². The molecule has 1 heterocycles. The lowest BCUT2D eigenvalue weighted by molar-refractivity contribution is -0.142. The van der Waals surface area contributed by atoms with E-state index in [1.54, 1.807) is 11.8 Å². The summed E-state index contributed by atoms with van der Waals surface area (Å²) in [5.74, 6) is 0.539. The van der Waals surface area contributed by atoms with Gasteiger partial charge in [-0.1, -0.05) is 12.1 Å². The fraction of sp³-hybridized carbons (Fsp3) is 0.636. The Morgan fingerprint density at radius 1 is 1.10 bits per heavy atom. The van der Waals surface area contributed by atoms with Crippen molar-refractivity contribution in [3.05, 3.63) is 29.8 Å². The van der Waals surface area contributed by atoms with Gasteiger partial charge in [-0.25, -0.2) is 4.79 Å². The topological polar surface area (TPSA) is 68.3 Å². The number of hydrogen-bond donors (Lipinski definition) is 0. The first-order chi connectivity index (χ1) is 13.8. The molecule has 1 aromatic carbocycles. The molecule has 0 N–H and O–H groups in total. The van der Waals surface area contributed by atoms with Crippen molar-refractivity contribution in [2.24, 2.45) is 0 Å². The molecule has 0 saturated carbocycles. The monoisotopic (exact) mass is 406 g/mol. The summed E-state index contributed by atoms with van der Waals surface area (Å²) in [4.78, 5) is 27.8. The number of benzene rings is 1. The van der Waals surface area contributed by atoms with E-state index in [4.69, 9.17) is 14.2 Å². The summed E-state index contributed by atoms with van der Waals surface area (Å²) in [5, 5.41) is 0. The van der Waals surface area contributed by atoms with E-state index in [9.17, 15) is 9.59 Å². The zero-order valence-corrected chi connectivity index (χ0v) is 18.1. The molecule has 1 aromatic rings. The maximum absolute atomic E-state index is 12.1. The molecule has 0 radical (unpaired) electrons. The molecular formula is C22H34N2O5. The Balaban J connectivity index is 1.65. The van der Waals surface area contributed by atoms with Gasteiger partial charge in [-0.05, 0) is 51.8 Å². The summed E-state index contributed by atoms with van der Waals surface area (Å²) in [5.41, 5.74) is 0.429. The van der Waals surface area contributed by atoms with Crippen molar-refractivity contribution in [2.45, 2.75) is 46.1 Å². The Hall–Kier alpha value is -2.28. The maximum Gasteiger partial charge on any atom is 0.410 e. The van der Waals surface area contributed by atoms with Gasteiger partial charge in [0.15, 0.2) is 0 Å². The molecule has 0 bridgehead atoms. The smallest absolute Gasteiger partial charge is 0.410 e. The van der Waals surface area contributed by atoms with Gasteiger partial charge in [0.25, 0.3) is 0 Å². The highest BCUT2D eigenvalue weighted by atomic mass is 16.6. The Morgan fingerprint density at radius 3 is 2.48 bits per heavy atom. The predicted molar refractivity (Wildman–Crippen MR) is 111 cm³/mol. The van der Waals surface area contributed by atoms with Crippen molar-refractivity contribution >= 4 is 12.1 Å². The van der Waals surface area contributed by atoms with E-state index in [2.05, 4.69) is 4.90 Å². The lowest BCUT2D eigenvalue weighted by atomic mass is 10.1. The molecule has 1 amide bonds. The minimum Gasteiger partial charge on any atom is -0.494 e. The Morgan fingerprint density at radius 2 is 1.83 bits per heavy atom. The number of hydrogen-bond acceptors (Lipinski definition) is 6. The largest absolute Gasteiger partial charge is 0.494 e. The number of piperazine rings is 1. The molecule has 1 fully saturated rings. The number of carbonyl (C=O) groups is 2. The number of rotatable bonds is 8. The van der Waals surface area contributed by atoms with Crippen molar-refractivity contribution in [1.82, 2.24) is 9.80 Å². The first kappa shape index (κ1) is 23.0. The Labute approximate surface area is 173 Å². The minimum atomic E-state index is -0.459. The third-order valence-corrected chi connectivity index (χ3v) is 4.46. The Kier molecular flexibility index (Phi) is 8.76. The average molecular weight is 407 g/mol. The van der Waals surface area contributed by atoms with Crippen LogP contribution in [0.3, 0.4) is 0 Å². The van der Waals surface area contributed by atoms with Gasteiger partial charge < -0.3 is 19.1 Å². The second-order valence-corrected chi connectivity index (χ2v) is 8.14. The van der Waals surface area contributed by atoms with Gasteiger partial charge in [0.2, 0.25) is 0 Å². The van der Waals surface area contributed by atoms with Gasteiger partial charge in [-0.3, -0.25) is 9.69 Å². The molecule has 1 aliphatic heterocycles. The second kappa shape index (κ2) is 11.0. The second-order valence-electron chi connectivity index (χ2n) is 8.14. The van der Waals surface area contributed by atoms with Gasteiger partial charge in [0.1, 0.15) is 11.4 Å². The number of esters is 1. The molecular weight excluding hydrogens is 372 g/mol. The third kappa shape index (κ3) is 8.73. The molecule has 7 nitrogen and oxygen atoms in total. The summed E-state index contributed by atoms with van der Waals surface area (Å²) in [7, 11) is 0. The van der Waals surface area contributed by atoms with Crippen molar-refractivity contribution < 1.29 is 23.8 Å². The van der Waals surface area contributed by atoms with Crippen LogP contribution in [0, 0.1) is 0 Å². The highest BCUT2D eigenvalue weighted by Crippen LogP contribution is 2.15. The van der Waals surface area contributed by atoms with E-state index in [1.165, 1.54) is 0 Å².